The number of aryl methyl sites for hydroxylation is 6. The lowest BCUT2D eigenvalue weighted by molar-refractivity contribution is -0.152. The maximum absolute atomic E-state index is 11.2. The van der Waals surface area contributed by atoms with Crippen molar-refractivity contribution in [3.63, 3.8) is 0 Å². The number of hydrogen-bond acceptors (Lipinski definition) is 12. The van der Waals surface area contributed by atoms with Crippen LogP contribution in [0.2, 0.25) is 0 Å². The van der Waals surface area contributed by atoms with Gasteiger partial charge in [-0.05, 0) is 207 Å². The summed E-state index contributed by atoms with van der Waals surface area (Å²) in [6, 6.07) is 39.3. The third-order valence-electron chi connectivity index (χ3n) is 11.8. The molecule has 0 aliphatic rings. The second-order valence-electron chi connectivity index (χ2n) is 21.0. The number of carboxylic acids is 3. The quantitative estimate of drug-likeness (QED) is 0.0412. The van der Waals surface area contributed by atoms with Gasteiger partial charge in [-0.25, -0.2) is 14.4 Å². The molecule has 0 spiro atoms. The van der Waals surface area contributed by atoms with E-state index in [1.54, 1.807) is 54.6 Å². The number of rotatable bonds is 27. The maximum atomic E-state index is 11.2. The highest BCUT2D eigenvalue weighted by molar-refractivity contribution is 5.78. The fraction of sp³-hybridized carbons (Fsp3) is 0.318. The van der Waals surface area contributed by atoms with Crippen LogP contribution in [-0.2, 0) is 14.4 Å². The summed E-state index contributed by atoms with van der Waals surface area (Å²) in [5, 5.41) is 27.5. The van der Waals surface area contributed by atoms with Crippen LogP contribution in [0.3, 0.4) is 0 Å². The van der Waals surface area contributed by atoms with Gasteiger partial charge in [-0.15, -0.1) is 0 Å². The Hall–Kier alpha value is -8.85. The first-order chi connectivity index (χ1) is 38.0. The molecule has 0 aliphatic carbocycles. The number of carbonyl (C=O) groups is 3. The summed E-state index contributed by atoms with van der Waals surface area (Å²) in [5.74, 6) is 2.81. The van der Waals surface area contributed by atoms with Gasteiger partial charge in [0.05, 0.1) is 0 Å². The Bertz CT molecular complexity index is 2750. The van der Waals surface area contributed by atoms with Gasteiger partial charge in [-0.3, -0.25) is 0 Å². The van der Waals surface area contributed by atoms with Gasteiger partial charge in [0.2, 0.25) is 0 Å². The number of carboxylic acid groups (broad SMARTS) is 3. The zero-order valence-electron chi connectivity index (χ0n) is 48.7. The highest BCUT2D eigenvalue weighted by Gasteiger charge is 2.32. The maximum Gasteiger partial charge on any atom is 0.347 e. The summed E-state index contributed by atoms with van der Waals surface area (Å²) in [7, 11) is 0. The third-order valence-corrected chi connectivity index (χ3v) is 11.8. The van der Waals surface area contributed by atoms with Crippen molar-refractivity contribution in [3.8, 4) is 51.7 Å². The van der Waals surface area contributed by atoms with Crippen LogP contribution in [0.4, 0.5) is 0 Å². The van der Waals surface area contributed by atoms with E-state index in [9.17, 15) is 14.4 Å². The molecule has 15 nitrogen and oxygen atoms in total. The van der Waals surface area contributed by atoms with Crippen molar-refractivity contribution in [2.24, 2.45) is 0 Å². The van der Waals surface area contributed by atoms with Crippen molar-refractivity contribution in [3.05, 3.63) is 197 Å². The minimum atomic E-state index is -1.30. The highest BCUT2D eigenvalue weighted by Crippen LogP contribution is 2.30. The Morgan fingerprint density at radius 3 is 0.704 bits per heavy atom. The predicted molar refractivity (Wildman–Crippen MR) is 314 cm³/mol. The first-order valence-corrected chi connectivity index (χ1v) is 26.1. The Morgan fingerprint density at radius 1 is 0.333 bits per heavy atom. The zero-order chi connectivity index (χ0) is 60.1. The SMILES string of the molecule is C=C(COc1ccc(C)cc1)COc1ccc(OC(C)(C)C(=O)O)c(C)c1.C=C(COc1ccc(C)cc1)COc1ccc(OC(C)(C)C(=O)O)c(C)c1.C=C(COc1ccc(C)cc1)COc1ccc(OC(C)(C)C(=O)O)c(C)c1. The Kier molecular flexibility index (Phi) is 23.9. The van der Waals surface area contributed by atoms with E-state index in [0.29, 0.717) is 74.1 Å². The van der Waals surface area contributed by atoms with Gasteiger partial charge >= 0.3 is 17.9 Å². The standard InChI is InChI=1S/3C22H26O5/c3*1-15-6-8-18(9-7-15)25-13-16(2)14-26-19-10-11-20(17(3)12-19)27-22(4,5)21(23)24/h3*6-12H,2,13-14H2,1,3-5H3,(H,23,24). The normalized spacial score (nSPS) is 11.0. The predicted octanol–water partition coefficient (Wildman–Crippen LogP) is 13.7. The van der Waals surface area contributed by atoms with Crippen LogP contribution in [-0.4, -0.2) is 89.7 Å². The molecule has 6 aromatic carbocycles. The molecule has 0 amide bonds. The fourth-order valence-corrected chi connectivity index (χ4v) is 6.58. The van der Waals surface area contributed by atoms with Gasteiger partial charge in [-0.1, -0.05) is 72.8 Å². The van der Waals surface area contributed by atoms with Gasteiger partial charge in [0.1, 0.15) is 91.4 Å². The van der Waals surface area contributed by atoms with Crippen molar-refractivity contribution in [2.45, 2.75) is 99.9 Å². The summed E-state index contributed by atoms with van der Waals surface area (Å²) >= 11 is 0. The van der Waals surface area contributed by atoms with Gasteiger partial charge in [0.15, 0.2) is 16.8 Å². The molecular weight excluding hydrogens is 1030 g/mol. The van der Waals surface area contributed by atoms with Gasteiger partial charge < -0.3 is 58.0 Å². The second kappa shape index (κ2) is 29.9. The van der Waals surface area contributed by atoms with E-state index < -0.39 is 34.7 Å². The van der Waals surface area contributed by atoms with Crippen molar-refractivity contribution in [1.29, 1.82) is 0 Å². The molecule has 0 unspecified atom stereocenters. The number of aliphatic carboxylic acids is 3. The molecule has 3 N–H and O–H groups in total. The summed E-state index contributed by atoms with van der Waals surface area (Å²) in [6.07, 6.45) is 0. The van der Waals surface area contributed by atoms with Gasteiger partial charge in [0.25, 0.3) is 0 Å². The van der Waals surface area contributed by atoms with Crippen molar-refractivity contribution >= 4 is 17.9 Å². The lowest BCUT2D eigenvalue weighted by Crippen LogP contribution is -2.38. The van der Waals surface area contributed by atoms with E-state index in [1.165, 1.54) is 58.2 Å². The summed E-state index contributed by atoms with van der Waals surface area (Å²) in [6.45, 7) is 34.7. The molecule has 15 heteroatoms. The first-order valence-electron chi connectivity index (χ1n) is 26.1. The molecule has 81 heavy (non-hydrogen) atoms. The van der Waals surface area contributed by atoms with Crippen LogP contribution in [0.15, 0.2) is 164 Å². The molecule has 0 bridgehead atoms. The molecule has 432 valence electrons. The lowest BCUT2D eigenvalue weighted by Gasteiger charge is -2.23. The smallest absolute Gasteiger partial charge is 0.347 e. The van der Waals surface area contributed by atoms with Crippen molar-refractivity contribution < 1.29 is 72.3 Å². The van der Waals surface area contributed by atoms with Crippen molar-refractivity contribution in [2.75, 3.05) is 39.6 Å². The molecule has 0 radical (unpaired) electrons. The summed E-state index contributed by atoms with van der Waals surface area (Å²) in [4.78, 5) is 33.6. The molecule has 0 fully saturated rings. The van der Waals surface area contributed by atoms with Gasteiger partial charge in [-0.2, -0.15) is 0 Å². The van der Waals surface area contributed by atoms with E-state index in [2.05, 4.69) is 19.7 Å². The molecule has 6 aromatic rings. The van der Waals surface area contributed by atoms with Gasteiger partial charge in [0, 0.05) is 0 Å². The zero-order valence-corrected chi connectivity index (χ0v) is 48.7. The number of benzene rings is 6. The van der Waals surface area contributed by atoms with Crippen LogP contribution in [0.1, 0.15) is 74.9 Å². The van der Waals surface area contributed by atoms with E-state index in [1.807, 2.05) is 114 Å². The number of hydrogen-bond donors (Lipinski definition) is 3. The Morgan fingerprint density at radius 2 is 0.519 bits per heavy atom. The molecule has 0 aliphatic heterocycles. The molecule has 0 atom stereocenters. The van der Waals surface area contributed by atoms with E-state index in [4.69, 9.17) is 58.0 Å². The van der Waals surface area contributed by atoms with Crippen molar-refractivity contribution in [1.82, 2.24) is 0 Å². The minimum absolute atomic E-state index is 0.326. The molecule has 6 rings (SSSR count). The van der Waals surface area contributed by atoms with Crippen LogP contribution >= 0.6 is 0 Å². The molecular formula is C66H78O15. The monoisotopic (exact) mass is 1110 g/mol. The third kappa shape index (κ3) is 22.4. The summed E-state index contributed by atoms with van der Waals surface area (Å²) in [5.41, 5.74) is 4.45. The largest absolute Gasteiger partial charge is 0.489 e. The van der Waals surface area contributed by atoms with Crippen LogP contribution < -0.4 is 42.6 Å². The molecule has 0 heterocycles. The lowest BCUT2D eigenvalue weighted by atomic mass is 10.1. The van der Waals surface area contributed by atoms with Crippen LogP contribution in [0.25, 0.3) is 0 Å². The van der Waals surface area contributed by atoms with Crippen LogP contribution in [0, 0.1) is 41.5 Å². The average Bonchev–Trinajstić information content (AvgIpc) is 3.41. The average molecular weight is 1110 g/mol. The highest BCUT2D eigenvalue weighted by atomic mass is 16.5. The fourth-order valence-electron chi connectivity index (χ4n) is 6.58. The Labute approximate surface area is 476 Å². The molecule has 0 aromatic heterocycles. The Balaban J connectivity index is 0.000000261. The summed E-state index contributed by atoms with van der Waals surface area (Å²) < 4.78 is 51.0. The second-order valence-corrected chi connectivity index (χ2v) is 21.0. The van der Waals surface area contributed by atoms with E-state index >= 15 is 0 Å². The molecule has 0 saturated heterocycles. The van der Waals surface area contributed by atoms with E-state index in [-0.39, 0.29) is 0 Å². The van der Waals surface area contributed by atoms with Crippen LogP contribution in [0.5, 0.6) is 51.7 Å². The minimum Gasteiger partial charge on any atom is -0.489 e. The first kappa shape index (κ1) is 64.7. The molecule has 0 saturated carbocycles. The number of ether oxygens (including phenoxy) is 9. The topological polar surface area (TPSA) is 195 Å². The van der Waals surface area contributed by atoms with E-state index in [0.717, 1.165) is 50.7 Å².